The topological polar surface area (TPSA) is 56.7 Å². The molecule has 0 spiro atoms. The summed E-state index contributed by atoms with van der Waals surface area (Å²) in [5.74, 6) is 1.20. The second kappa shape index (κ2) is 9.20. The third-order valence-electron chi connectivity index (χ3n) is 5.24. The molecule has 156 valence electrons. The van der Waals surface area contributed by atoms with Gasteiger partial charge in [0.25, 0.3) is 0 Å². The van der Waals surface area contributed by atoms with Gasteiger partial charge in [-0.1, -0.05) is 38.0 Å². The van der Waals surface area contributed by atoms with E-state index in [9.17, 15) is 18.3 Å². The molecule has 2 aromatic rings. The van der Waals surface area contributed by atoms with E-state index >= 15 is 0 Å². The minimum atomic E-state index is -4.34. The summed E-state index contributed by atoms with van der Waals surface area (Å²) < 4.78 is 38.2. The first-order valence-electron chi connectivity index (χ1n) is 9.84. The Morgan fingerprint density at radius 2 is 1.83 bits per heavy atom. The number of halogens is 3. The Balaban J connectivity index is 1.75. The smallest absolute Gasteiger partial charge is 0.416 e. The highest BCUT2D eigenvalue weighted by molar-refractivity contribution is 5.94. The van der Waals surface area contributed by atoms with Crippen LogP contribution in [0.25, 0.3) is 0 Å². The van der Waals surface area contributed by atoms with Crippen LogP contribution >= 0.6 is 0 Å². The van der Waals surface area contributed by atoms with E-state index in [1.807, 2.05) is 6.07 Å². The molecule has 0 saturated heterocycles. The van der Waals surface area contributed by atoms with Crippen LogP contribution in [-0.2, 0) is 12.7 Å². The van der Waals surface area contributed by atoms with E-state index in [1.165, 1.54) is 18.6 Å². The first-order valence-corrected chi connectivity index (χ1v) is 9.84. The Hall–Kier alpha value is -2.70. The molecule has 0 heterocycles. The van der Waals surface area contributed by atoms with Gasteiger partial charge in [0.05, 0.1) is 12.1 Å². The molecule has 0 radical (unpaired) electrons. The van der Waals surface area contributed by atoms with Crippen LogP contribution in [0, 0.1) is 5.92 Å². The molecule has 0 aromatic heterocycles. The van der Waals surface area contributed by atoms with Crippen LogP contribution in [0.4, 0.5) is 18.9 Å². The summed E-state index contributed by atoms with van der Waals surface area (Å²) in [6.45, 7) is 2.45. The Kier molecular flexibility index (Phi) is 6.67. The zero-order chi connectivity index (χ0) is 20.9. The second-order valence-corrected chi connectivity index (χ2v) is 7.55. The average Bonchev–Trinajstić information content (AvgIpc) is 2.67. The number of rotatable bonds is 4. The standard InChI is InChI=1S/C22H26F3N3O/c1-15-5-2-3-8-20(15)28-21(27-18-6-4-7-19(29)13-18)26-14-16-9-11-17(12-10-16)22(23,24)25/h4,6-7,9-13,15,20,29H,2-3,5,8,14H2,1H3,(H2,26,27,28). The van der Waals surface area contributed by atoms with Gasteiger partial charge in [-0.2, -0.15) is 13.2 Å². The highest BCUT2D eigenvalue weighted by Crippen LogP contribution is 2.29. The van der Waals surface area contributed by atoms with E-state index in [0.717, 1.165) is 31.4 Å². The first-order chi connectivity index (χ1) is 13.8. The van der Waals surface area contributed by atoms with Crippen LogP contribution in [0.2, 0.25) is 0 Å². The van der Waals surface area contributed by atoms with Crippen molar-refractivity contribution in [3.05, 3.63) is 59.7 Å². The predicted octanol–water partition coefficient (Wildman–Crippen LogP) is 5.55. The third-order valence-corrected chi connectivity index (χ3v) is 5.24. The van der Waals surface area contributed by atoms with Crippen LogP contribution in [0.15, 0.2) is 53.5 Å². The van der Waals surface area contributed by atoms with E-state index in [0.29, 0.717) is 23.1 Å². The molecule has 0 aliphatic heterocycles. The monoisotopic (exact) mass is 405 g/mol. The van der Waals surface area contributed by atoms with E-state index < -0.39 is 11.7 Å². The molecular formula is C22H26F3N3O. The van der Waals surface area contributed by atoms with Gasteiger partial charge in [-0.05, 0) is 48.6 Å². The number of phenolic OH excluding ortho intramolecular Hbond substituents is 1. The molecule has 1 fully saturated rings. The molecule has 0 amide bonds. The Morgan fingerprint density at radius 1 is 1.10 bits per heavy atom. The van der Waals surface area contributed by atoms with Gasteiger partial charge in [0.2, 0.25) is 0 Å². The molecule has 4 nitrogen and oxygen atoms in total. The van der Waals surface area contributed by atoms with Crippen molar-refractivity contribution in [1.29, 1.82) is 0 Å². The summed E-state index contributed by atoms with van der Waals surface area (Å²) in [6, 6.07) is 12.0. The number of nitrogens with zero attached hydrogens (tertiary/aromatic N) is 1. The van der Waals surface area contributed by atoms with Crippen LogP contribution in [0.3, 0.4) is 0 Å². The summed E-state index contributed by atoms with van der Waals surface area (Å²) in [6.07, 6.45) is 0.221. The maximum absolute atomic E-state index is 12.7. The second-order valence-electron chi connectivity index (χ2n) is 7.55. The lowest BCUT2D eigenvalue weighted by Crippen LogP contribution is -2.44. The van der Waals surface area contributed by atoms with Crippen molar-refractivity contribution < 1.29 is 18.3 Å². The number of aromatic hydroxyl groups is 1. The highest BCUT2D eigenvalue weighted by Gasteiger charge is 2.29. The maximum Gasteiger partial charge on any atom is 0.416 e. The number of hydrogen-bond donors (Lipinski definition) is 3. The number of hydrogen-bond acceptors (Lipinski definition) is 2. The largest absolute Gasteiger partial charge is 0.508 e. The molecule has 2 aromatic carbocycles. The van der Waals surface area contributed by atoms with Crippen molar-refractivity contribution in [2.45, 2.75) is 51.4 Å². The minimum Gasteiger partial charge on any atom is -0.508 e. The van der Waals surface area contributed by atoms with Gasteiger partial charge in [0.1, 0.15) is 5.75 Å². The zero-order valence-electron chi connectivity index (χ0n) is 16.3. The van der Waals surface area contributed by atoms with Gasteiger partial charge < -0.3 is 15.7 Å². The van der Waals surface area contributed by atoms with Crippen molar-refractivity contribution in [3.8, 4) is 5.75 Å². The SMILES string of the molecule is CC1CCCCC1NC(=NCc1ccc(C(F)(F)F)cc1)Nc1cccc(O)c1. The Bertz CT molecular complexity index is 834. The van der Waals surface area contributed by atoms with Gasteiger partial charge in [0, 0.05) is 17.8 Å². The minimum absolute atomic E-state index is 0.142. The summed E-state index contributed by atoms with van der Waals surface area (Å²) in [7, 11) is 0. The van der Waals surface area contributed by atoms with Crippen molar-refractivity contribution >= 4 is 11.6 Å². The van der Waals surface area contributed by atoms with E-state index in [-0.39, 0.29) is 18.3 Å². The molecule has 2 atom stereocenters. The molecule has 3 rings (SSSR count). The molecule has 1 aliphatic rings. The number of phenols is 1. The number of alkyl halides is 3. The molecule has 7 heteroatoms. The van der Waals surface area contributed by atoms with Crippen LogP contribution in [0.5, 0.6) is 5.75 Å². The quantitative estimate of drug-likeness (QED) is 0.462. The number of benzene rings is 2. The molecule has 1 saturated carbocycles. The van der Waals surface area contributed by atoms with E-state index in [4.69, 9.17) is 0 Å². The highest BCUT2D eigenvalue weighted by atomic mass is 19.4. The molecular weight excluding hydrogens is 379 g/mol. The van der Waals surface area contributed by atoms with E-state index in [2.05, 4.69) is 22.5 Å². The fraction of sp³-hybridized carbons (Fsp3) is 0.409. The summed E-state index contributed by atoms with van der Waals surface area (Å²) in [5.41, 5.74) is 0.705. The normalized spacial score (nSPS) is 20.3. The van der Waals surface area contributed by atoms with Gasteiger partial charge in [-0.3, -0.25) is 0 Å². The third kappa shape index (κ3) is 6.14. The van der Waals surface area contributed by atoms with Crippen molar-refractivity contribution in [3.63, 3.8) is 0 Å². The summed E-state index contributed by atoms with van der Waals surface area (Å²) in [4.78, 5) is 4.57. The fourth-order valence-electron chi connectivity index (χ4n) is 3.52. The number of nitrogens with one attached hydrogen (secondary N) is 2. The molecule has 0 bridgehead atoms. The Morgan fingerprint density at radius 3 is 2.48 bits per heavy atom. The van der Waals surface area contributed by atoms with Crippen molar-refractivity contribution in [2.75, 3.05) is 5.32 Å². The molecule has 3 N–H and O–H groups in total. The van der Waals surface area contributed by atoms with Gasteiger partial charge in [-0.15, -0.1) is 0 Å². The van der Waals surface area contributed by atoms with Gasteiger partial charge >= 0.3 is 6.18 Å². The maximum atomic E-state index is 12.7. The fourth-order valence-corrected chi connectivity index (χ4v) is 3.52. The lowest BCUT2D eigenvalue weighted by atomic mass is 9.86. The molecule has 2 unspecified atom stereocenters. The van der Waals surface area contributed by atoms with Crippen LogP contribution < -0.4 is 10.6 Å². The molecule has 1 aliphatic carbocycles. The number of aliphatic imine (C=N–C) groups is 1. The number of anilines is 1. The average molecular weight is 405 g/mol. The van der Waals surface area contributed by atoms with Crippen LogP contribution in [0.1, 0.15) is 43.7 Å². The van der Waals surface area contributed by atoms with Gasteiger partial charge in [0.15, 0.2) is 5.96 Å². The molecule has 29 heavy (non-hydrogen) atoms. The Labute approximate surface area is 168 Å². The lowest BCUT2D eigenvalue weighted by Gasteiger charge is -2.31. The van der Waals surface area contributed by atoms with Crippen LogP contribution in [-0.4, -0.2) is 17.1 Å². The number of guanidine groups is 1. The lowest BCUT2D eigenvalue weighted by molar-refractivity contribution is -0.137. The zero-order valence-corrected chi connectivity index (χ0v) is 16.3. The van der Waals surface area contributed by atoms with Crippen molar-refractivity contribution in [2.24, 2.45) is 10.9 Å². The first kappa shape index (κ1) is 21.0. The van der Waals surface area contributed by atoms with E-state index in [1.54, 1.807) is 18.2 Å². The summed E-state index contributed by atoms with van der Waals surface area (Å²) in [5, 5.41) is 16.3. The summed E-state index contributed by atoms with van der Waals surface area (Å²) >= 11 is 0. The predicted molar refractivity (Wildman–Crippen MR) is 109 cm³/mol. The van der Waals surface area contributed by atoms with Gasteiger partial charge in [-0.25, -0.2) is 4.99 Å². The van der Waals surface area contributed by atoms with Crippen molar-refractivity contribution in [1.82, 2.24) is 5.32 Å².